The molecule has 0 aromatic rings. The van der Waals surface area contributed by atoms with Gasteiger partial charge >= 0.3 is 0 Å². The first-order valence-electron chi connectivity index (χ1n) is 8.66. The van der Waals surface area contributed by atoms with E-state index in [-0.39, 0.29) is 20.0 Å². The summed E-state index contributed by atoms with van der Waals surface area (Å²) in [5, 5.41) is 0. The van der Waals surface area contributed by atoms with Gasteiger partial charge in [0.15, 0.2) is 0 Å². The van der Waals surface area contributed by atoms with Crippen LogP contribution in [-0.2, 0) is 0 Å². The van der Waals surface area contributed by atoms with Gasteiger partial charge in [-0.1, -0.05) is 63.1 Å². The van der Waals surface area contributed by atoms with E-state index in [4.69, 9.17) is 0 Å². The minimum atomic E-state index is -0.851. The van der Waals surface area contributed by atoms with E-state index < -0.39 is 19.2 Å². The van der Waals surface area contributed by atoms with E-state index in [2.05, 4.69) is 25.8 Å². The average Bonchev–Trinajstić information content (AvgIpc) is 2.66. The maximum Gasteiger partial charge on any atom is 0.123 e. The predicted molar refractivity (Wildman–Crippen MR) is 115 cm³/mol. The van der Waals surface area contributed by atoms with Crippen LogP contribution in [0.1, 0.15) is 35.0 Å². The van der Waals surface area contributed by atoms with E-state index in [0.29, 0.717) is 11.5 Å². The summed E-state index contributed by atoms with van der Waals surface area (Å²) in [6.07, 6.45) is 14.7. The highest BCUT2D eigenvalue weighted by molar-refractivity contribution is 5.49. The van der Waals surface area contributed by atoms with Crippen LogP contribution in [0.25, 0.3) is 0 Å². The molecule has 1 aliphatic carbocycles. The van der Waals surface area contributed by atoms with Crippen LogP contribution in [0, 0.1) is 5.92 Å². The van der Waals surface area contributed by atoms with Crippen molar-refractivity contribution in [3.63, 3.8) is 0 Å². The number of hydrogen-bond donors (Lipinski definition) is 0. The van der Waals surface area contributed by atoms with E-state index in [0.717, 1.165) is 30.4 Å². The molecule has 0 heterocycles. The van der Waals surface area contributed by atoms with Gasteiger partial charge in [-0.25, -0.2) is 13.2 Å². The minimum Gasteiger partial charge on any atom is -0.246 e. The molecule has 0 aliphatic heterocycles. The highest BCUT2D eigenvalue weighted by Gasteiger charge is 2.13. The maximum absolute atomic E-state index is 13.7. The molecule has 0 fully saturated rings. The number of alkyl halides is 2. The van der Waals surface area contributed by atoms with Gasteiger partial charge in [0.05, 0.1) is 0 Å². The average molecular weight is 379 g/mol. The third-order valence-electron chi connectivity index (χ3n) is 4.37. The molecule has 0 saturated carbocycles. The summed E-state index contributed by atoms with van der Waals surface area (Å²) in [4.78, 5) is 0. The second-order valence-corrected chi connectivity index (χ2v) is 6.28. The Balaban J connectivity index is 0. The molecule has 0 aromatic carbocycles. The molecule has 0 radical (unpaired) electrons. The monoisotopic (exact) mass is 378 g/mol. The van der Waals surface area contributed by atoms with Gasteiger partial charge in [-0.15, -0.1) is 6.58 Å². The molecule has 27 heavy (non-hydrogen) atoms. The fourth-order valence-electron chi connectivity index (χ4n) is 2.68. The van der Waals surface area contributed by atoms with Crippen molar-refractivity contribution in [3.8, 4) is 0 Å². The summed E-state index contributed by atoms with van der Waals surface area (Å²) in [6, 6.07) is 0. The van der Waals surface area contributed by atoms with Gasteiger partial charge in [0.25, 0.3) is 0 Å². The number of hydrogen-bond acceptors (Lipinski definition) is 0. The first-order valence-corrected chi connectivity index (χ1v) is 8.66. The highest BCUT2D eigenvalue weighted by Crippen LogP contribution is 2.29. The Hall–Kier alpha value is -2.29. The molecule has 1 atom stereocenters. The van der Waals surface area contributed by atoms with Crippen molar-refractivity contribution in [3.05, 3.63) is 96.0 Å². The van der Waals surface area contributed by atoms with E-state index in [1.54, 1.807) is 19.1 Å². The fraction of sp³-hybridized carbons (Fsp3) is 0.333. The van der Waals surface area contributed by atoms with Crippen molar-refractivity contribution in [1.82, 2.24) is 0 Å². The van der Waals surface area contributed by atoms with Crippen molar-refractivity contribution in [2.75, 3.05) is 13.3 Å². The number of rotatable bonds is 9. The lowest BCUT2D eigenvalue weighted by molar-refractivity contribution is 0.540. The molecule has 0 N–H and O–H groups in total. The second-order valence-electron chi connectivity index (χ2n) is 6.28. The Morgan fingerprint density at radius 3 is 2.33 bits per heavy atom. The van der Waals surface area contributed by atoms with Crippen LogP contribution in [-0.4, -0.2) is 13.3 Å². The third-order valence-corrected chi connectivity index (χ3v) is 4.37. The lowest BCUT2D eigenvalue weighted by atomic mass is 9.86. The smallest absolute Gasteiger partial charge is 0.123 e. The lowest BCUT2D eigenvalue weighted by Crippen LogP contribution is -2.03. The van der Waals surface area contributed by atoms with E-state index in [1.807, 2.05) is 6.08 Å². The minimum absolute atomic E-state index is 0. The van der Waals surface area contributed by atoms with Gasteiger partial charge in [-0.3, -0.25) is 0 Å². The molecular formula is C24H33F3. The van der Waals surface area contributed by atoms with Crippen molar-refractivity contribution >= 4 is 0 Å². The van der Waals surface area contributed by atoms with Crippen LogP contribution in [0.15, 0.2) is 96.0 Å². The molecule has 1 unspecified atom stereocenters. The third kappa shape index (κ3) is 7.86. The zero-order valence-corrected chi connectivity index (χ0v) is 15.4. The predicted octanol–water partition coefficient (Wildman–Crippen LogP) is 8.11. The Bertz CT molecular complexity index is 691. The standard InChI is InChI=1S/C23H27F3.CH4.H2/c1-5-19-8-10-21(11-9-19)20(6-2)12-13-22(16-25)23(18(4)26)14-7-17(3)15-24;;/h5-7,10,12-14,19H,1-2,4,8-9,11,15-16H2,3H3;1H4;1H/b17-7-,20-12+,22-13+,23-14+;;. The maximum atomic E-state index is 13.7. The van der Waals surface area contributed by atoms with Crippen LogP contribution >= 0.6 is 0 Å². The Morgan fingerprint density at radius 2 is 1.89 bits per heavy atom. The molecule has 0 spiro atoms. The lowest BCUT2D eigenvalue weighted by Gasteiger charge is -2.19. The van der Waals surface area contributed by atoms with Gasteiger partial charge in [0.2, 0.25) is 0 Å². The molecule has 0 amide bonds. The molecule has 3 heteroatoms. The summed E-state index contributed by atoms with van der Waals surface area (Å²) < 4.78 is 39.8. The Morgan fingerprint density at radius 1 is 1.19 bits per heavy atom. The van der Waals surface area contributed by atoms with E-state index in [1.165, 1.54) is 18.2 Å². The van der Waals surface area contributed by atoms with E-state index in [9.17, 15) is 13.2 Å². The summed E-state index contributed by atoms with van der Waals surface area (Å²) >= 11 is 0. The zero-order valence-electron chi connectivity index (χ0n) is 15.4. The molecule has 1 aliphatic rings. The molecule has 0 saturated heterocycles. The van der Waals surface area contributed by atoms with E-state index >= 15 is 0 Å². The largest absolute Gasteiger partial charge is 0.246 e. The molecule has 0 nitrogen and oxygen atoms in total. The SMILES string of the molecule is C.C=C\C(=C/C=C(CF)/C(=C/C=C(/C)CF)C(=C)F)C1=CCC(C=C)CC1.[HH]. The first-order chi connectivity index (χ1) is 12.5. The Labute approximate surface area is 164 Å². The number of allylic oxidation sites excluding steroid dienone is 13. The van der Waals surface area contributed by atoms with Crippen LogP contribution in [0.2, 0.25) is 0 Å². The Kier molecular flexibility index (Phi) is 11.9. The van der Waals surface area contributed by atoms with Crippen LogP contribution in [0.3, 0.4) is 0 Å². The molecule has 0 aromatic heterocycles. The molecule has 150 valence electrons. The summed E-state index contributed by atoms with van der Waals surface area (Å²) in [5.74, 6) is -0.271. The van der Waals surface area contributed by atoms with Gasteiger partial charge in [0, 0.05) is 7.00 Å². The summed E-state index contributed by atoms with van der Waals surface area (Å²) in [5.41, 5.74) is 2.64. The fourth-order valence-corrected chi connectivity index (χ4v) is 2.68. The molecular weight excluding hydrogens is 345 g/mol. The second kappa shape index (κ2) is 13.0. The first kappa shape index (κ1) is 24.7. The van der Waals surface area contributed by atoms with Gasteiger partial charge in [-0.2, -0.15) is 0 Å². The van der Waals surface area contributed by atoms with Crippen molar-refractivity contribution in [2.24, 2.45) is 5.92 Å². The van der Waals surface area contributed by atoms with Crippen LogP contribution in [0.4, 0.5) is 13.2 Å². The van der Waals surface area contributed by atoms with Gasteiger partial charge in [-0.05, 0) is 54.4 Å². The highest BCUT2D eigenvalue weighted by atomic mass is 19.1. The van der Waals surface area contributed by atoms with Crippen molar-refractivity contribution < 1.29 is 14.6 Å². The van der Waals surface area contributed by atoms with Crippen LogP contribution in [0.5, 0.6) is 0 Å². The van der Waals surface area contributed by atoms with Gasteiger partial charge in [0.1, 0.15) is 19.2 Å². The van der Waals surface area contributed by atoms with Crippen molar-refractivity contribution in [2.45, 2.75) is 33.6 Å². The van der Waals surface area contributed by atoms with Gasteiger partial charge < -0.3 is 0 Å². The summed E-state index contributed by atoms with van der Waals surface area (Å²) in [6.45, 7) is 11.0. The topological polar surface area (TPSA) is 0 Å². The van der Waals surface area contributed by atoms with Crippen molar-refractivity contribution in [1.29, 1.82) is 0 Å². The number of halogens is 3. The normalized spacial score (nSPS) is 19.1. The molecule has 1 rings (SSSR count). The zero-order chi connectivity index (χ0) is 19.5. The molecule has 0 bridgehead atoms. The summed E-state index contributed by atoms with van der Waals surface area (Å²) in [7, 11) is 0. The van der Waals surface area contributed by atoms with Crippen LogP contribution < -0.4 is 0 Å². The quantitative estimate of drug-likeness (QED) is 0.281.